The van der Waals surface area contributed by atoms with E-state index >= 15 is 0 Å². The number of ether oxygens (including phenoxy) is 1. The minimum Gasteiger partial charge on any atom is -0.481 e. The molecule has 3 atom stereocenters. The number of rotatable bonds is 5. The molecule has 1 N–H and O–H groups in total. The van der Waals surface area contributed by atoms with Crippen molar-refractivity contribution in [3.63, 3.8) is 0 Å². The Labute approximate surface area is 98.2 Å². The van der Waals surface area contributed by atoms with Crippen molar-refractivity contribution in [3.8, 4) is 0 Å². The maximum atomic E-state index is 11.6. The van der Waals surface area contributed by atoms with Crippen LogP contribution >= 0.6 is 0 Å². The van der Waals surface area contributed by atoms with E-state index in [1.165, 1.54) is 6.42 Å². The Balaban J connectivity index is 2.74. The van der Waals surface area contributed by atoms with Gasteiger partial charge in [-0.15, -0.1) is 0 Å². The monoisotopic (exact) mass is 228 g/mol. The molecule has 3 unspecified atom stereocenters. The van der Waals surface area contributed by atoms with Crippen LogP contribution in [-0.4, -0.2) is 24.8 Å². The van der Waals surface area contributed by atoms with E-state index in [1.807, 2.05) is 0 Å². The highest BCUT2D eigenvalue weighted by atomic mass is 16.5. The normalized spacial score (nSPS) is 32.3. The third kappa shape index (κ3) is 2.76. The molecule has 3 nitrogen and oxygen atoms in total. The Morgan fingerprint density at radius 1 is 1.62 bits per heavy atom. The van der Waals surface area contributed by atoms with Crippen molar-refractivity contribution >= 4 is 5.97 Å². The Morgan fingerprint density at radius 3 is 2.81 bits per heavy atom. The fourth-order valence-corrected chi connectivity index (χ4v) is 3.02. The number of hydrogen-bond donors (Lipinski definition) is 1. The molecule has 0 heterocycles. The lowest BCUT2D eigenvalue weighted by Crippen LogP contribution is -2.41. The van der Waals surface area contributed by atoms with Gasteiger partial charge in [-0.2, -0.15) is 0 Å². The standard InChI is InChI=1S/C13H24O3/c1-10-5-4-7-13(9-10,12(14)15)11(2)6-8-16-3/h10-11H,4-9H2,1-3H3,(H,14,15). The van der Waals surface area contributed by atoms with Crippen LogP contribution in [0.2, 0.25) is 0 Å². The van der Waals surface area contributed by atoms with E-state index in [9.17, 15) is 9.90 Å². The number of carbonyl (C=O) groups is 1. The van der Waals surface area contributed by atoms with Crippen LogP contribution < -0.4 is 0 Å². The molecular formula is C13H24O3. The van der Waals surface area contributed by atoms with Gasteiger partial charge < -0.3 is 9.84 Å². The third-order valence-corrected chi connectivity index (χ3v) is 4.16. The minimum atomic E-state index is -0.609. The topological polar surface area (TPSA) is 46.5 Å². The summed E-state index contributed by atoms with van der Waals surface area (Å²) in [6.07, 6.45) is 4.72. The van der Waals surface area contributed by atoms with Crippen LogP contribution in [0, 0.1) is 17.3 Å². The molecule has 1 rings (SSSR count). The molecule has 1 aliphatic rings. The molecular weight excluding hydrogens is 204 g/mol. The quantitative estimate of drug-likeness (QED) is 0.787. The van der Waals surface area contributed by atoms with Gasteiger partial charge in [-0.1, -0.05) is 26.7 Å². The molecule has 0 saturated heterocycles. The lowest BCUT2D eigenvalue weighted by Gasteiger charge is -2.41. The molecule has 0 aromatic rings. The SMILES string of the molecule is COCCC(C)C1(C(=O)O)CCCC(C)C1. The number of carboxylic acids is 1. The zero-order valence-corrected chi connectivity index (χ0v) is 10.7. The summed E-state index contributed by atoms with van der Waals surface area (Å²) in [6, 6.07) is 0. The van der Waals surface area contributed by atoms with Gasteiger partial charge >= 0.3 is 5.97 Å². The molecule has 0 bridgehead atoms. The lowest BCUT2D eigenvalue weighted by atomic mass is 9.63. The molecule has 16 heavy (non-hydrogen) atoms. The summed E-state index contributed by atoms with van der Waals surface area (Å²) in [5.41, 5.74) is -0.504. The average molecular weight is 228 g/mol. The van der Waals surface area contributed by atoms with E-state index in [0.717, 1.165) is 25.7 Å². The average Bonchev–Trinajstić information content (AvgIpc) is 2.25. The molecule has 0 aromatic carbocycles. The second-order valence-electron chi connectivity index (χ2n) is 5.35. The van der Waals surface area contributed by atoms with E-state index < -0.39 is 11.4 Å². The predicted octanol–water partition coefficient (Wildman–Crippen LogP) is 2.94. The Kier molecular flexibility index (Phi) is 4.78. The van der Waals surface area contributed by atoms with Crippen LogP contribution in [0.15, 0.2) is 0 Å². The first-order chi connectivity index (χ1) is 7.53. The highest BCUT2D eigenvalue weighted by Gasteiger charge is 2.45. The fraction of sp³-hybridized carbons (Fsp3) is 0.923. The van der Waals surface area contributed by atoms with E-state index in [4.69, 9.17) is 4.74 Å². The first-order valence-electron chi connectivity index (χ1n) is 6.25. The van der Waals surface area contributed by atoms with Crippen LogP contribution in [-0.2, 0) is 9.53 Å². The second-order valence-corrected chi connectivity index (χ2v) is 5.35. The first-order valence-corrected chi connectivity index (χ1v) is 6.25. The second kappa shape index (κ2) is 5.67. The molecule has 1 aliphatic carbocycles. The third-order valence-electron chi connectivity index (χ3n) is 4.16. The molecule has 0 spiro atoms. The smallest absolute Gasteiger partial charge is 0.309 e. The van der Waals surface area contributed by atoms with Gasteiger partial charge in [0.05, 0.1) is 5.41 Å². The molecule has 0 aliphatic heterocycles. The highest BCUT2D eigenvalue weighted by Crippen LogP contribution is 2.46. The lowest BCUT2D eigenvalue weighted by molar-refractivity contribution is -0.156. The summed E-state index contributed by atoms with van der Waals surface area (Å²) in [5, 5.41) is 9.54. The summed E-state index contributed by atoms with van der Waals surface area (Å²) in [6.45, 7) is 4.88. The summed E-state index contributed by atoms with van der Waals surface area (Å²) in [7, 11) is 1.67. The van der Waals surface area contributed by atoms with Gasteiger partial charge in [-0.25, -0.2) is 0 Å². The van der Waals surface area contributed by atoms with E-state index in [-0.39, 0.29) is 5.92 Å². The Bertz CT molecular complexity index is 239. The van der Waals surface area contributed by atoms with Crippen LogP contribution in [0.3, 0.4) is 0 Å². The maximum Gasteiger partial charge on any atom is 0.309 e. The largest absolute Gasteiger partial charge is 0.481 e. The van der Waals surface area contributed by atoms with Gasteiger partial charge in [0.2, 0.25) is 0 Å². The van der Waals surface area contributed by atoms with E-state index in [2.05, 4.69) is 13.8 Å². The van der Waals surface area contributed by atoms with Crippen molar-refractivity contribution in [2.24, 2.45) is 17.3 Å². The number of methoxy groups -OCH3 is 1. The molecule has 0 radical (unpaired) electrons. The molecule has 0 amide bonds. The van der Waals surface area contributed by atoms with Gasteiger partial charge in [-0.3, -0.25) is 4.79 Å². The Morgan fingerprint density at radius 2 is 2.31 bits per heavy atom. The van der Waals surface area contributed by atoms with E-state index in [0.29, 0.717) is 12.5 Å². The highest BCUT2D eigenvalue weighted by molar-refractivity contribution is 5.75. The number of carboxylic acid groups (broad SMARTS) is 1. The van der Waals surface area contributed by atoms with Crippen molar-refractivity contribution in [2.45, 2.75) is 46.0 Å². The minimum absolute atomic E-state index is 0.202. The predicted molar refractivity (Wildman–Crippen MR) is 63.4 cm³/mol. The van der Waals surface area contributed by atoms with Crippen molar-refractivity contribution in [1.82, 2.24) is 0 Å². The van der Waals surface area contributed by atoms with Crippen molar-refractivity contribution in [1.29, 1.82) is 0 Å². The van der Waals surface area contributed by atoms with Crippen molar-refractivity contribution in [2.75, 3.05) is 13.7 Å². The summed E-state index contributed by atoms with van der Waals surface area (Å²) >= 11 is 0. The summed E-state index contributed by atoms with van der Waals surface area (Å²) in [4.78, 5) is 11.6. The van der Waals surface area contributed by atoms with Crippen LogP contribution in [0.25, 0.3) is 0 Å². The summed E-state index contributed by atoms with van der Waals surface area (Å²) in [5.74, 6) is 0.130. The molecule has 0 aromatic heterocycles. The zero-order valence-electron chi connectivity index (χ0n) is 10.7. The fourth-order valence-electron chi connectivity index (χ4n) is 3.02. The van der Waals surface area contributed by atoms with Crippen LogP contribution in [0.4, 0.5) is 0 Å². The maximum absolute atomic E-state index is 11.6. The van der Waals surface area contributed by atoms with Crippen molar-refractivity contribution in [3.05, 3.63) is 0 Å². The molecule has 1 fully saturated rings. The van der Waals surface area contributed by atoms with Crippen LogP contribution in [0.1, 0.15) is 46.0 Å². The summed E-state index contributed by atoms with van der Waals surface area (Å²) < 4.78 is 5.06. The number of aliphatic carboxylic acids is 1. The van der Waals surface area contributed by atoms with Crippen molar-refractivity contribution < 1.29 is 14.6 Å². The van der Waals surface area contributed by atoms with Gasteiger partial charge in [-0.05, 0) is 31.1 Å². The first kappa shape index (κ1) is 13.5. The van der Waals surface area contributed by atoms with Gasteiger partial charge in [0.25, 0.3) is 0 Å². The number of hydrogen-bond acceptors (Lipinski definition) is 2. The zero-order chi connectivity index (χ0) is 12.2. The molecule has 3 heteroatoms. The molecule has 94 valence electrons. The molecule has 1 saturated carbocycles. The van der Waals surface area contributed by atoms with Gasteiger partial charge in [0.1, 0.15) is 0 Å². The Hall–Kier alpha value is -0.570. The van der Waals surface area contributed by atoms with Gasteiger partial charge in [0.15, 0.2) is 0 Å². The van der Waals surface area contributed by atoms with E-state index in [1.54, 1.807) is 7.11 Å². The van der Waals surface area contributed by atoms with Gasteiger partial charge in [0, 0.05) is 13.7 Å². The van der Waals surface area contributed by atoms with Crippen LogP contribution in [0.5, 0.6) is 0 Å².